The molecule has 1 atom stereocenters. The summed E-state index contributed by atoms with van der Waals surface area (Å²) in [6, 6.07) is 13.3. The first-order valence-electron chi connectivity index (χ1n) is 10.0. The normalized spacial score (nSPS) is 11.9. The van der Waals surface area contributed by atoms with Crippen LogP contribution >= 0.6 is 0 Å². The van der Waals surface area contributed by atoms with Gasteiger partial charge in [0.25, 0.3) is 5.91 Å². The third-order valence-corrected chi connectivity index (χ3v) is 4.63. The van der Waals surface area contributed by atoms with Crippen LogP contribution in [0.2, 0.25) is 0 Å². The number of benzene rings is 2. The lowest BCUT2D eigenvalue weighted by molar-refractivity contribution is -0.122. The van der Waals surface area contributed by atoms with Gasteiger partial charge in [0, 0.05) is 5.56 Å². The van der Waals surface area contributed by atoms with Crippen molar-refractivity contribution in [3.63, 3.8) is 0 Å². The first-order valence-corrected chi connectivity index (χ1v) is 10.0. The van der Waals surface area contributed by atoms with E-state index in [0.29, 0.717) is 18.1 Å². The number of amides is 1. The molecule has 0 fully saturated rings. The van der Waals surface area contributed by atoms with E-state index >= 15 is 0 Å². The summed E-state index contributed by atoms with van der Waals surface area (Å²) in [5.74, 6) is 1.64. The zero-order valence-electron chi connectivity index (χ0n) is 17.9. The second kappa shape index (κ2) is 9.43. The molecule has 0 aliphatic rings. The van der Waals surface area contributed by atoms with Gasteiger partial charge in [0.1, 0.15) is 11.5 Å². The third-order valence-electron chi connectivity index (χ3n) is 4.63. The summed E-state index contributed by atoms with van der Waals surface area (Å²) in [6.45, 7) is 10.4. The molecule has 7 nitrogen and oxygen atoms in total. The van der Waals surface area contributed by atoms with Gasteiger partial charge in [-0.05, 0) is 78.5 Å². The molecule has 0 saturated heterocycles. The fraction of sp³-hybridized carbons (Fsp3) is 0.348. The highest BCUT2D eigenvalue weighted by molar-refractivity contribution is 5.96. The summed E-state index contributed by atoms with van der Waals surface area (Å²) in [5, 5.41) is 10.5. The molecule has 0 bridgehead atoms. The summed E-state index contributed by atoms with van der Waals surface area (Å²) in [7, 11) is 0. The van der Waals surface area contributed by atoms with Crippen molar-refractivity contribution >= 4 is 11.7 Å². The number of nitrogens with zero attached hydrogens (tertiary/aromatic N) is 2. The maximum Gasteiger partial charge on any atom is 0.266 e. The zero-order valence-corrected chi connectivity index (χ0v) is 17.9. The average Bonchev–Trinajstić information content (AvgIpc) is 3.16. The van der Waals surface area contributed by atoms with E-state index in [4.69, 9.17) is 14.1 Å². The van der Waals surface area contributed by atoms with Crippen LogP contribution in [0.15, 0.2) is 47.1 Å². The van der Waals surface area contributed by atoms with Crippen molar-refractivity contribution in [3.8, 4) is 22.8 Å². The van der Waals surface area contributed by atoms with Crippen molar-refractivity contribution in [3.05, 3.63) is 53.6 Å². The lowest BCUT2D eigenvalue weighted by Gasteiger charge is -2.19. The molecule has 0 aliphatic carbocycles. The SMILES string of the molecule is CCOc1ccc(-c2nonc2NC(=O)[C@H](C)Oc2cc(C)ccc2C(C)C)cc1. The summed E-state index contributed by atoms with van der Waals surface area (Å²) >= 11 is 0. The van der Waals surface area contributed by atoms with Crippen LogP contribution in [0, 0.1) is 6.92 Å². The Labute approximate surface area is 176 Å². The van der Waals surface area contributed by atoms with Crippen molar-refractivity contribution in [1.82, 2.24) is 10.3 Å². The topological polar surface area (TPSA) is 86.5 Å². The second-order valence-electron chi connectivity index (χ2n) is 7.36. The van der Waals surface area contributed by atoms with E-state index in [0.717, 1.165) is 22.4 Å². The highest BCUT2D eigenvalue weighted by atomic mass is 16.6. The molecule has 7 heteroatoms. The van der Waals surface area contributed by atoms with Gasteiger partial charge in [-0.25, -0.2) is 4.63 Å². The lowest BCUT2D eigenvalue weighted by atomic mass is 10.0. The highest BCUT2D eigenvalue weighted by Gasteiger charge is 2.21. The molecule has 158 valence electrons. The number of hydrogen-bond donors (Lipinski definition) is 1. The summed E-state index contributed by atoms with van der Waals surface area (Å²) in [5.41, 5.74) is 3.32. The number of nitrogens with one attached hydrogen (secondary N) is 1. The minimum Gasteiger partial charge on any atom is -0.494 e. The van der Waals surface area contributed by atoms with E-state index in [2.05, 4.69) is 29.5 Å². The quantitative estimate of drug-likeness (QED) is 0.565. The van der Waals surface area contributed by atoms with Crippen LogP contribution < -0.4 is 14.8 Å². The molecule has 2 aromatic carbocycles. The Bertz CT molecular complexity index is 996. The largest absolute Gasteiger partial charge is 0.494 e. The Hall–Kier alpha value is -3.35. The molecule has 0 aliphatic heterocycles. The maximum atomic E-state index is 12.7. The monoisotopic (exact) mass is 409 g/mol. The van der Waals surface area contributed by atoms with Crippen molar-refractivity contribution in [2.45, 2.75) is 46.6 Å². The fourth-order valence-corrected chi connectivity index (χ4v) is 3.02. The van der Waals surface area contributed by atoms with E-state index in [9.17, 15) is 4.79 Å². The maximum absolute atomic E-state index is 12.7. The van der Waals surface area contributed by atoms with Gasteiger partial charge in [-0.3, -0.25) is 4.79 Å². The minimum absolute atomic E-state index is 0.243. The number of hydrogen-bond acceptors (Lipinski definition) is 6. The van der Waals surface area contributed by atoms with E-state index in [-0.39, 0.29) is 17.6 Å². The third kappa shape index (κ3) is 4.97. The number of ether oxygens (including phenoxy) is 2. The van der Waals surface area contributed by atoms with Gasteiger partial charge < -0.3 is 14.8 Å². The molecule has 1 heterocycles. The average molecular weight is 409 g/mol. The van der Waals surface area contributed by atoms with Crippen molar-refractivity contribution in [1.29, 1.82) is 0 Å². The molecule has 1 aromatic heterocycles. The van der Waals surface area contributed by atoms with Gasteiger partial charge in [0.05, 0.1) is 6.61 Å². The summed E-state index contributed by atoms with van der Waals surface area (Å²) in [4.78, 5) is 12.7. The molecule has 0 radical (unpaired) electrons. The zero-order chi connectivity index (χ0) is 21.7. The summed E-state index contributed by atoms with van der Waals surface area (Å²) in [6.07, 6.45) is -0.728. The molecule has 3 rings (SSSR count). The van der Waals surface area contributed by atoms with E-state index in [1.54, 1.807) is 6.92 Å². The van der Waals surface area contributed by atoms with Crippen molar-refractivity contribution < 1.29 is 18.9 Å². The van der Waals surface area contributed by atoms with Gasteiger partial charge in [-0.2, -0.15) is 0 Å². The van der Waals surface area contributed by atoms with Crippen molar-refractivity contribution in [2.75, 3.05) is 11.9 Å². The Morgan fingerprint density at radius 2 is 1.83 bits per heavy atom. The Balaban J connectivity index is 1.73. The Morgan fingerprint density at radius 1 is 1.10 bits per heavy atom. The fourth-order valence-electron chi connectivity index (χ4n) is 3.02. The number of carbonyl (C=O) groups excluding carboxylic acids is 1. The Morgan fingerprint density at radius 3 is 2.50 bits per heavy atom. The van der Waals surface area contributed by atoms with Gasteiger partial charge in [-0.1, -0.05) is 26.0 Å². The molecular weight excluding hydrogens is 382 g/mol. The number of carbonyl (C=O) groups is 1. The minimum atomic E-state index is -0.728. The molecule has 3 aromatic rings. The van der Waals surface area contributed by atoms with Crippen LogP contribution in [0.25, 0.3) is 11.3 Å². The van der Waals surface area contributed by atoms with Gasteiger partial charge in [0.15, 0.2) is 11.8 Å². The molecule has 0 unspecified atom stereocenters. The summed E-state index contributed by atoms with van der Waals surface area (Å²) < 4.78 is 16.3. The first kappa shape index (κ1) is 21.4. The van der Waals surface area contributed by atoms with Crippen LogP contribution in [0.4, 0.5) is 5.82 Å². The number of rotatable bonds is 8. The molecule has 0 saturated carbocycles. The predicted molar refractivity (Wildman–Crippen MR) is 115 cm³/mol. The van der Waals surface area contributed by atoms with Crippen LogP contribution in [-0.2, 0) is 4.79 Å². The molecule has 30 heavy (non-hydrogen) atoms. The molecule has 1 amide bonds. The van der Waals surface area contributed by atoms with Crippen LogP contribution in [0.3, 0.4) is 0 Å². The smallest absolute Gasteiger partial charge is 0.266 e. The molecule has 1 N–H and O–H groups in total. The van der Waals surface area contributed by atoms with E-state index < -0.39 is 6.10 Å². The van der Waals surface area contributed by atoms with Crippen LogP contribution in [0.1, 0.15) is 44.7 Å². The van der Waals surface area contributed by atoms with Gasteiger partial charge in [-0.15, -0.1) is 0 Å². The van der Waals surface area contributed by atoms with Gasteiger partial charge in [0.2, 0.25) is 5.82 Å². The number of aryl methyl sites for hydroxylation is 1. The highest BCUT2D eigenvalue weighted by Crippen LogP contribution is 2.29. The predicted octanol–water partition coefficient (Wildman–Crippen LogP) is 4.97. The van der Waals surface area contributed by atoms with E-state index in [1.165, 1.54) is 0 Å². The Kier molecular flexibility index (Phi) is 6.72. The number of aromatic nitrogens is 2. The van der Waals surface area contributed by atoms with Crippen LogP contribution in [-0.4, -0.2) is 28.9 Å². The molecule has 0 spiro atoms. The number of anilines is 1. The van der Waals surface area contributed by atoms with E-state index in [1.807, 2.05) is 56.3 Å². The van der Waals surface area contributed by atoms with Crippen molar-refractivity contribution in [2.24, 2.45) is 0 Å². The van der Waals surface area contributed by atoms with Crippen LogP contribution in [0.5, 0.6) is 11.5 Å². The second-order valence-corrected chi connectivity index (χ2v) is 7.36. The molecular formula is C23H27N3O4. The standard InChI is InChI=1S/C23H27N3O4/c1-6-28-18-10-8-17(9-11-18)21-22(26-30-25-21)24-23(27)16(5)29-20-13-15(4)7-12-19(20)14(2)3/h7-14,16H,6H2,1-5H3,(H,24,26,27)/t16-/m0/s1. The lowest BCUT2D eigenvalue weighted by Crippen LogP contribution is -2.30. The van der Waals surface area contributed by atoms with Gasteiger partial charge >= 0.3 is 0 Å². The first-order chi connectivity index (χ1) is 14.4.